The summed E-state index contributed by atoms with van der Waals surface area (Å²) in [6, 6.07) is 14.1. The summed E-state index contributed by atoms with van der Waals surface area (Å²) in [5.41, 5.74) is 2.70. The van der Waals surface area contributed by atoms with Crippen LogP contribution in [0, 0.1) is 0 Å². The second-order valence-corrected chi connectivity index (χ2v) is 9.45. The number of para-hydroxylation sites is 1. The molecular formula is C27H37NO3. The number of ether oxygens (including phenoxy) is 2. The van der Waals surface area contributed by atoms with E-state index in [4.69, 9.17) is 9.47 Å². The molecule has 0 heterocycles. The van der Waals surface area contributed by atoms with Gasteiger partial charge < -0.3 is 14.8 Å². The number of rotatable bonds is 7. The Morgan fingerprint density at radius 2 is 1.68 bits per heavy atom. The normalized spacial score (nSPS) is 15.2. The quantitative estimate of drug-likeness (QED) is 0.523. The van der Waals surface area contributed by atoms with Gasteiger partial charge in [-0.25, -0.2) is 0 Å². The lowest BCUT2D eigenvalue weighted by Crippen LogP contribution is -2.34. The Kier molecular flexibility index (Phi) is 8.00. The average molecular weight is 424 g/mol. The molecule has 31 heavy (non-hydrogen) atoms. The monoisotopic (exact) mass is 423 g/mol. The maximum atomic E-state index is 12.9. The van der Waals surface area contributed by atoms with Gasteiger partial charge in [0.1, 0.15) is 18.1 Å². The van der Waals surface area contributed by atoms with Crippen molar-refractivity contribution >= 4 is 5.91 Å². The lowest BCUT2D eigenvalue weighted by atomic mass is 9.86. The van der Waals surface area contributed by atoms with E-state index in [9.17, 15) is 4.79 Å². The van der Waals surface area contributed by atoms with Gasteiger partial charge in [-0.2, -0.15) is 0 Å². The highest BCUT2D eigenvalue weighted by Gasteiger charge is 2.20. The van der Waals surface area contributed by atoms with Crippen LogP contribution < -0.4 is 14.8 Å². The van der Waals surface area contributed by atoms with Crippen LogP contribution in [-0.2, 0) is 12.0 Å². The van der Waals surface area contributed by atoms with Gasteiger partial charge in [-0.1, -0.05) is 64.7 Å². The third-order valence-electron chi connectivity index (χ3n) is 5.89. The molecule has 3 rings (SSSR count). The van der Waals surface area contributed by atoms with Crippen LogP contribution in [0.25, 0.3) is 0 Å². The third kappa shape index (κ3) is 6.49. The van der Waals surface area contributed by atoms with E-state index in [0.717, 1.165) is 35.5 Å². The fraction of sp³-hybridized carbons (Fsp3) is 0.519. The van der Waals surface area contributed by atoms with Crippen molar-refractivity contribution in [3.8, 4) is 11.5 Å². The summed E-state index contributed by atoms with van der Waals surface area (Å²) >= 11 is 0. The van der Waals surface area contributed by atoms with Crippen molar-refractivity contribution in [2.24, 2.45) is 0 Å². The molecule has 4 nitrogen and oxygen atoms in total. The lowest BCUT2D eigenvalue weighted by Gasteiger charge is -2.23. The van der Waals surface area contributed by atoms with Gasteiger partial charge in [-0.05, 0) is 55.0 Å². The largest absolute Gasteiger partial charge is 0.493 e. The molecule has 0 radical (unpaired) electrons. The minimum atomic E-state index is -0.0141. The third-order valence-corrected chi connectivity index (χ3v) is 5.89. The maximum Gasteiger partial charge on any atom is 0.251 e. The van der Waals surface area contributed by atoms with Crippen molar-refractivity contribution in [2.75, 3.05) is 6.61 Å². The Morgan fingerprint density at radius 3 is 2.35 bits per heavy atom. The van der Waals surface area contributed by atoms with Crippen LogP contribution in [-0.4, -0.2) is 18.6 Å². The number of amides is 1. The number of benzene rings is 2. The summed E-state index contributed by atoms with van der Waals surface area (Å²) in [7, 11) is 0. The van der Waals surface area contributed by atoms with E-state index < -0.39 is 0 Å². The zero-order chi connectivity index (χ0) is 22.3. The number of hydrogen-bond donors (Lipinski definition) is 1. The standard InChI is InChI=1S/C27H37NO3/c1-5-30-24-17-16-20(26(29)28-22-12-8-6-7-9-13-22)18-21(24)19-31-25-15-11-10-14-23(25)27(2,3)4/h10-11,14-18,22H,5-9,12-13,19H2,1-4H3,(H,28,29). The zero-order valence-electron chi connectivity index (χ0n) is 19.5. The van der Waals surface area contributed by atoms with Crippen LogP contribution in [0.1, 0.15) is 87.7 Å². The lowest BCUT2D eigenvalue weighted by molar-refractivity contribution is 0.0933. The molecule has 1 aliphatic rings. The molecule has 0 spiro atoms. The van der Waals surface area contributed by atoms with Crippen LogP contribution >= 0.6 is 0 Å². The van der Waals surface area contributed by atoms with Crippen molar-refractivity contribution in [3.05, 3.63) is 59.2 Å². The second kappa shape index (κ2) is 10.7. The predicted molar refractivity (Wildman–Crippen MR) is 126 cm³/mol. The smallest absolute Gasteiger partial charge is 0.251 e. The van der Waals surface area contributed by atoms with Crippen molar-refractivity contribution in [2.45, 2.75) is 84.3 Å². The fourth-order valence-electron chi connectivity index (χ4n) is 4.19. The van der Waals surface area contributed by atoms with E-state index in [1.54, 1.807) is 0 Å². The second-order valence-electron chi connectivity index (χ2n) is 9.45. The molecule has 0 bridgehead atoms. The first-order valence-electron chi connectivity index (χ1n) is 11.7. The molecule has 0 unspecified atom stereocenters. The average Bonchev–Trinajstić information content (AvgIpc) is 3.01. The molecule has 1 saturated carbocycles. The van der Waals surface area contributed by atoms with Crippen LogP contribution in [0.15, 0.2) is 42.5 Å². The summed E-state index contributed by atoms with van der Waals surface area (Å²) in [4.78, 5) is 12.9. The Hall–Kier alpha value is -2.49. The molecular weight excluding hydrogens is 386 g/mol. The Bertz CT molecular complexity index is 861. The van der Waals surface area contributed by atoms with Crippen molar-refractivity contribution in [1.82, 2.24) is 5.32 Å². The van der Waals surface area contributed by atoms with Gasteiger partial charge in [-0.15, -0.1) is 0 Å². The van der Waals surface area contributed by atoms with Gasteiger partial charge in [0.15, 0.2) is 0 Å². The van der Waals surface area contributed by atoms with Crippen LogP contribution in [0.4, 0.5) is 0 Å². The summed E-state index contributed by atoms with van der Waals surface area (Å²) < 4.78 is 12.0. The highest BCUT2D eigenvalue weighted by Crippen LogP contribution is 2.32. The Morgan fingerprint density at radius 1 is 0.968 bits per heavy atom. The van der Waals surface area contributed by atoms with Crippen molar-refractivity contribution in [1.29, 1.82) is 0 Å². The predicted octanol–water partition coefficient (Wildman–Crippen LogP) is 6.41. The molecule has 168 valence electrons. The number of carbonyl (C=O) groups is 1. The van der Waals surface area contributed by atoms with Crippen LogP contribution in [0.2, 0.25) is 0 Å². The molecule has 1 aliphatic carbocycles. The SMILES string of the molecule is CCOc1ccc(C(=O)NC2CCCCCC2)cc1COc1ccccc1C(C)(C)C. The van der Waals surface area contributed by atoms with E-state index in [1.807, 2.05) is 43.3 Å². The van der Waals surface area contributed by atoms with Crippen molar-refractivity contribution in [3.63, 3.8) is 0 Å². The molecule has 1 fully saturated rings. The molecule has 0 aliphatic heterocycles. The molecule has 1 N–H and O–H groups in total. The summed E-state index contributed by atoms with van der Waals surface area (Å²) in [5, 5.41) is 3.24. The maximum absolute atomic E-state index is 12.9. The van der Waals surface area contributed by atoms with E-state index >= 15 is 0 Å². The highest BCUT2D eigenvalue weighted by molar-refractivity contribution is 5.94. The highest BCUT2D eigenvalue weighted by atomic mass is 16.5. The summed E-state index contributed by atoms with van der Waals surface area (Å²) in [5.74, 6) is 1.62. The molecule has 2 aromatic carbocycles. The number of hydrogen-bond acceptors (Lipinski definition) is 3. The van der Waals surface area contributed by atoms with E-state index in [0.29, 0.717) is 18.8 Å². The minimum absolute atomic E-state index is 0.00806. The van der Waals surface area contributed by atoms with Gasteiger partial charge in [0.25, 0.3) is 5.91 Å². The molecule has 2 aromatic rings. The van der Waals surface area contributed by atoms with E-state index in [-0.39, 0.29) is 17.4 Å². The fourth-order valence-corrected chi connectivity index (χ4v) is 4.19. The Balaban J connectivity index is 1.77. The van der Waals surface area contributed by atoms with E-state index in [2.05, 4.69) is 32.2 Å². The van der Waals surface area contributed by atoms with Crippen LogP contribution in [0.3, 0.4) is 0 Å². The zero-order valence-corrected chi connectivity index (χ0v) is 19.5. The first-order chi connectivity index (χ1) is 14.9. The number of carbonyl (C=O) groups excluding carboxylic acids is 1. The molecule has 1 amide bonds. The first-order valence-corrected chi connectivity index (χ1v) is 11.7. The molecule has 4 heteroatoms. The summed E-state index contributed by atoms with van der Waals surface area (Å²) in [6.07, 6.45) is 7.07. The van der Waals surface area contributed by atoms with Gasteiger partial charge in [0, 0.05) is 17.2 Å². The van der Waals surface area contributed by atoms with E-state index in [1.165, 1.54) is 25.7 Å². The Labute approximate surface area is 187 Å². The minimum Gasteiger partial charge on any atom is -0.493 e. The van der Waals surface area contributed by atoms with Gasteiger partial charge in [0.05, 0.1) is 6.61 Å². The van der Waals surface area contributed by atoms with Gasteiger partial charge in [0.2, 0.25) is 0 Å². The molecule has 0 saturated heterocycles. The topological polar surface area (TPSA) is 47.6 Å². The summed E-state index contributed by atoms with van der Waals surface area (Å²) in [6.45, 7) is 9.43. The molecule has 0 aromatic heterocycles. The van der Waals surface area contributed by atoms with Crippen molar-refractivity contribution < 1.29 is 14.3 Å². The van der Waals surface area contributed by atoms with Crippen LogP contribution in [0.5, 0.6) is 11.5 Å². The molecule has 0 atom stereocenters. The van der Waals surface area contributed by atoms with Gasteiger partial charge >= 0.3 is 0 Å². The first kappa shape index (κ1) is 23.2. The van der Waals surface area contributed by atoms with Gasteiger partial charge in [-0.3, -0.25) is 4.79 Å². The number of nitrogens with one attached hydrogen (secondary N) is 1.